The van der Waals surface area contributed by atoms with Crippen LogP contribution in [-0.4, -0.2) is 49.4 Å². The van der Waals surface area contributed by atoms with Crippen LogP contribution in [0.2, 0.25) is 0 Å². The van der Waals surface area contributed by atoms with Crippen molar-refractivity contribution >= 4 is 5.96 Å². The van der Waals surface area contributed by atoms with Gasteiger partial charge in [0.1, 0.15) is 5.82 Å². The van der Waals surface area contributed by atoms with E-state index in [1.807, 2.05) is 39.4 Å². The highest BCUT2D eigenvalue weighted by molar-refractivity contribution is 5.79. The Morgan fingerprint density at radius 2 is 1.93 bits per heavy atom. The molecule has 1 aromatic carbocycles. The highest BCUT2D eigenvalue weighted by atomic mass is 16.5. The molecule has 0 unspecified atom stereocenters. The van der Waals surface area contributed by atoms with Crippen LogP contribution in [0.15, 0.2) is 35.6 Å². The number of nitrogens with zero attached hydrogens (tertiary/aromatic N) is 3. The maximum Gasteiger partial charge on any atom is 0.190 e. The van der Waals surface area contributed by atoms with E-state index in [-0.39, 0.29) is 0 Å². The molecule has 0 bridgehead atoms. The number of aryl methyl sites for hydroxylation is 3. The molecule has 1 heterocycles. The van der Waals surface area contributed by atoms with Crippen molar-refractivity contribution in [2.24, 2.45) is 4.99 Å². The first-order valence-corrected chi connectivity index (χ1v) is 10.4. The third-order valence-corrected chi connectivity index (χ3v) is 4.73. The molecule has 2 N–H and O–H groups in total. The molecule has 160 valence electrons. The minimum atomic E-state index is 0.630. The summed E-state index contributed by atoms with van der Waals surface area (Å²) >= 11 is 0. The lowest BCUT2D eigenvalue weighted by Crippen LogP contribution is -2.38. The Morgan fingerprint density at radius 1 is 1.14 bits per heavy atom. The van der Waals surface area contributed by atoms with E-state index in [2.05, 4.69) is 37.3 Å². The van der Waals surface area contributed by atoms with E-state index in [1.54, 1.807) is 7.11 Å². The van der Waals surface area contributed by atoms with Gasteiger partial charge in [0.05, 0.1) is 13.7 Å². The third kappa shape index (κ3) is 7.68. The van der Waals surface area contributed by atoms with Crippen LogP contribution >= 0.6 is 0 Å². The third-order valence-electron chi connectivity index (χ3n) is 4.73. The van der Waals surface area contributed by atoms with Gasteiger partial charge in [0.15, 0.2) is 17.5 Å². The van der Waals surface area contributed by atoms with Crippen LogP contribution in [0.5, 0.6) is 11.5 Å². The standard InChI is InChI=1S/C22H35N5O2/c1-5-29-21-17-19(10-11-20(21)28-4)9-8-13-26-22(23-3)25-12-6-7-15-27-16-14-24-18(27)2/h10-11,14,16-17H,5-9,12-13,15H2,1-4H3,(H2,23,25,26). The molecule has 7 heteroatoms. The SMILES string of the molecule is CCOc1cc(CCCNC(=NC)NCCCCn2ccnc2C)ccc1OC. The molecule has 0 aliphatic carbocycles. The van der Waals surface area contributed by atoms with Gasteiger partial charge in [-0.1, -0.05) is 6.07 Å². The lowest BCUT2D eigenvalue weighted by Gasteiger charge is -2.13. The van der Waals surface area contributed by atoms with E-state index in [0.29, 0.717) is 6.61 Å². The summed E-state index contributed by atoms with van der Waals surface area (Å²) in [5.41, 5.74) is 1.24. The predicted octanol–water partition coefficient (Wildman–Crippen LogP) is 3.18. The smallest absolute Gasteiger partial charge is 0.190 e. The first-order chi connectivity index (χ1) is 14.2. The minimum absolute atomic E-state index is 0.630. The summed E-state index contributed by atoms with van der Waals surface area (Å²) in [5.74, 6) is 3.51. The van der Waals surface area contributed by atoms with E-state index in [1.165, 1.54) is 5.56 Å². The van der Waals surface area contributed by atoms with Crippen LogP contribution in [0.25, 0.3) is 0 Å². The molecular weight excluding hydrogens is 366 g/mol. The largest absolute Gasteiger partial charge is 0.493 e. The summed E-state index contributed by atoms with van der Waals surface area (Å²) in [6.07, 6.45) is 8.06. The van der Waals surface area contributed by atoms with Crippen molar-refractivity contribution in [1.29, 1.82) is 0 Å². The maximum atomic E-state index is 5.65. The first-order valence-electron chi connectivity index (χ1n) is 10.4. The second-order valence-electron chi connectivity index (χ2n) is 6.82. The molecule has 0 fully saturated rings. The molecule has 2 aromatic rings. The topological polar surface area (TPSA) is 72.7 Å². The Morgan fingerprint density at radius 3 is 2.59 bits per heavy atom. The Kier molecular flexibility index (Phi) is 9.89. The van der Waals surface area contributed by atoms with Gasteiger partial charge in [-0.25, -0.2) is 4.98 Å². The minimum Gasteiger partial charge on any atom is -0.493 e. The second-order valence-corrected chi connectivity index (χ2v) is 6.82. The van der Waals surface area contributed by atoms with Crippen molar-refractivity contribution < 1.29 is 9.47 Å². The van der Waals surface area contributed by atoms with Gasteiger partial charge in [-0.15, -0.1) is 0 Å². The van der Waals surface area contributed by atoms with Gasteiger partial charge in [0.2, 0.25) is 0 Å². The number of benzene rings is 1. The first kappa shape index (κ1) is 22.6. The van der Waals surface area contributed by atoms with Crippen LogP contribution < -0.4 is 20.1 Å². The van der Waals surface area contributed by atoms with Crippen molar-refractivity contribution in [3.8, 4) is 11.5 Å². The van der Waals surface area contributed by atoms with Crippen molar-refractivity contribution in [2.75, 3.05) is 33.9 Å². The second kappa shape index (κ2) is 12.7. The number of aliphatic imine (C=N–C) groups is 1. The fourth-order valence-corrected chi connectivity index (χ4v) is 3.12. The number of methoxy groups -OCH3 is 1. The van der Waals surface area contributed by atoms with E-state index in [0.717, 1.165) is 68.6 Å². The van der Waals surface area contributed by atoms with E-state index in [4.69, 9.17) is 9.47 Å². The Hall–Kier alpha value is -2.70. The fraction of sp³-hybridized carbons (Fsp3) is 0.545. The maximum absolute atomic E-state index is 5.65. The fourth-order valence-electron chi connectivity index (χ4n) is 3.12. The number of imidazole rings is 1. The van der Waals surface area contributed by atoms with Gasteiger partial charge in [-0.05, 0) is 57.2 Å². The Bertz CT molecular complexity index is 757. The number of ether oxygens (including phenoxy) is 2. The Labute approximate surface area is 174 Å². The van der Waals surface area contributed by atoms with Gasteiger partial charge in [-0.2, -0.15) is 0 Å². The number of aromatic nitrogens is 2. The van der Waals surface area contributed by atoms with Crippen molar-refractivity contribution in [2.45, 2.75) is 46.1 Å². The molecule has 0 atom stereocenters. The zero-order valence-electron chi connectivity index (χ0n) is 18.2. The number of nitrogens with one attached hydrogen (secondary N) is 2. The summed E-state index contributed by atoms with van der Waals surface area (Å²) in [5, 5.41) is 6.76. The summed E-state index contributed by atoms with van der Waals surface area (Å²) in [6.45, 7) is 7.42. The molecule has 0 radical (unpaired) electrons. The molecule has 0 saturated heterocycles. The molecule has 0 saturated carbocycles. The molecule has 29 heavy (non-hydrogen) atoms. The summed E-state index contributed by atoms with van der Waals surface area (Å²) < 4.78 is 13.2. The predicted molar refractivity (Wildman–Crippen MR) is 118 cm³/mol. The quantitative estimate of drug-likeness (QED) is 0.325. The lowest BCUT2D eigenvalue weighted by atomic mass is 10.1. The normalized spacial score (nSPS) is 11.4. The zero-order valence-corrected chi connectivity index (χ0v) is 18.2. The summed E-state index contributed by atoms with van der Waals surface area (Å²) in [4.78, 5) is 8.55. The van der Waals surface area contributed by atoms with Crippen LogP contribution in [0.3, 0.4) is 0 Å². The number of rotatable bonds is 12. The molecule has 0 amide bonds. The molecule has 0 aliphatic heterocycles. The van der Waals surface area contributed by atoms with E-state index >= 15 is 0 Å². The Balaban J connectivity index is 1.63. The highest BCUT2D eigenvalue weighted by Crippen LogP contribution is 2.28. The summed E-state index contributed by atoms with van der Waals surface area (Å²) in [6, 6.07) is 6.13. The molecule has 1 aromatic heterocycles. The summed E-state index contributed by atoms with van der Waals surface area (Å²) in [7, 11) is 3.47. The molecule has 0 spiro atoms. The van der Waals surface area contributed by atoms with E-state index in [9.17, 15) is 0 Å². The number of hydrogen-bond donors (Lipinski definition) is 2. The molecule has 7 nitrogen and oxygen atoms in total. The van der Waals surface area contributed by atoms with Crippen molar-refractivity contribution in [3.05, 3.63) is 42.0 Å². The van der Waals surface area contributed by atoms with Gasteiger partial charge in [0, 0.05) is 39.1 Å². The van der Waals surface area contributed by atoms with Crippen LogP contribution in [-0.2, 0) is 13.0 Å². The molecule has 0 aliphatic rings. The van der Waals surface area contributed by atoms with Gasteiger partial charge < -0.3 is 24.7 Å². The van der Waals surface area contributed by atoms with Crippen molar-refractivity contribution in [3.63, 3.8) is 0 Å². The van der Waals surface area contributed by atoms with Gasteiger partial charge >= 0.3 is 0 Å². The van der Waals surface area contributed by atoms with Gasteiger partial charge in [-0.3, -0.25) is 4.99 Å². The average Bonchev–Trinajstić information content (AvgIpc) is 3.14. The monoisotopic (exact) mass is 401 g/mol. The van der Waals surface area contributed by atoms with E-state index < -0.39 is 0 Å². The zero-order chi connectivity index (χ0) is 20.9. The molecule has 2 rings (SSSR count). The number of hydrogen-bond acceptors (Lipinski definition) is 4. The molecular formula is C22H35N5O2. The van der Waals surface area contributed by atoms with Crippen LogP contribution in [0.4, 0.5) is 0 Å². The van der Waals surface area contributed by atoms with Crippen LogP contribution in [0.1, 0.15) is 37.6 Å². The van der Waals surface area contributed by atoms with Gasteiger partial charge in [0.25, 0.3) is 0 Å². The highest BCUT2D eigenvalue weighted by Gasteiger charge is 2.05. The number of unbranched alkanes of at least 4 members (excludes halogenated alkanes) is 1. The lowest BCUT2D eigenvalue weighted by molar-refractivity contribution is 0.310. The average molecular weight is 402 g/mol. The number of guanidine groups is 1. The van der Waals surface area contributed by atoms with Crippen LogP contribution in [0, 0.1) is 6.92 Å². The van der Waals surface area contributed by atoms with Crippen molar-refractivity contribution in [1.82, 2.24) is 20.2 Å².